The first kappa shape index (κ1) is 21.9. The lowest BCUT2D eigenvalue weighted by Crippen LogP contribution is -2.54. The molecule has 1 aromatic carbocycles. The highest BCUT2D eigenvalue weighted by atomic mass is 16.5. The van der Waals surface area contributed by atoms with Gasteiger partial charge in [0.1, 0.15) is 0 Å². The van der Waals surface area contributed by atoms with Gasteiger partial charge in [-0.15, -0.1) is 0 Å². The van der Waals surface area contributed by atoms with E-state index in [1.807, 2.05) is 11.0 Å². The first-order valence-corrected chi connectivity index (χ1v) is 11.1. The van der Waals surface area contributed by atoms with Crippen molar-refractivity contribution < 1.29 is 14.3 Å². The standard InChI is InChI=1S/C24H38N2O3/c1-24(2,3)22(25-15-17-9-7-6-8-10-17)23(27)26-12-11-18-13-20(28-4)21(29-5)14-19(18)16-26/h13-14,17,22,25H,6-12,15-16H2,1-5H3/t22-/m1/s1. The predicted octanol–water partition coefficient (Wildman–Crippen LogP) is 4.17. The monoisotopic (exact) mass is 402 g/mol. The van der Waals surface area contributed by atoms with Crippen molar-refractivity contribution in [3.05, 3.63) is 23.3 Å². The van der Waals surface area contributed by atoms with Crippen LogP contribution in [0, 0.1) is 11.3 Å². The number of hydrogen-bond donors (Lipinski definition) is 1. The molecular weight excluding hydrogens is 364 g/mol. The fourth-order valence-corrected chi connectivity index (χ4v) is 4.69. The van der Waals surface area contributed by atoms with Crippen LogP contribution in [0.2, 0.25) is 0 Å². The summed E-state index contributed by atoms with van der Waals surface area (Å²) in [6.07, 6.45) is 7.44. The van der Waals surface area contributed by atoms with E-state index < -0.39 is 0 Å². The van der Waals surface area contributed by atoms with Crippen LogP contribution in [0.1, 0.15) is 64.0 Å². The van der Waals surface area contributed by atoms with Crippen LogP contribution in [0.25, 0.3) is 0 Å². The second-order valence-corrected chi connectivity index (χ2v) is 9.70. The Morgan fingerprint density at radius 1 is 1.10 bits per heavy atom. The lowest BCUT2D eigenvalue weighted by molar-refractivity contribution is -0.137. The van der Waals surface area contributed by atoms with Crippen LogP contribution in [0.3, 0.4) is 0 Å². The van der Waals surface area contributed by atoms with E-state index in [-0.39, 0.29) is 17.4 Å². The first-order valence-electron chi connectivity index (χ1n) is 11.1. The van der Waals surface area contributed by atoms with Gasteiger partial charge in [0.05, 0.1) is 20.3 Å². The molecule has 1 N–H and O–H groups in total. The maximum atomic E-state index is 13.5. The number of amides is 1. The summed E-state index contributed by atoms with van der Waals surface area (Å²) in [5.41, 5.74) is 2.28. The molecule has 29 heavy (non-hydrogen) atoms. The minimum Gasteiger partial charge on any atom is -0.493 e. The van der Waals surface area contributed by atoms with Gasteiger partial charge < -0.3 is 19.7 Å². The van der Waals surface area contributed by atoms with Gasteiger partial charge in [-0.2, -0.15) is 0 Å². The molecule has 0 radical (unpaired) electrons. The average Bonchev–Trinajstić information content (AvgIpc) is 2.72. The van der Waals surface area contributed by atoms with Crippen LogP contribution in [0.5, 0.6) is 11.5 Å². The minimum atomic E-state index is -0.161. The van der Waals surface area contributed by atoms with Crippen molar-refractivity contribution in [2.24, 2.45) is 11.3 Å². The van der Waals surface area contributed by atoms with Gasteiger partial charge in [-0.1, -0.05) is 40.0 Å². The van der Waals surface area contributed by atoms with E-state index >= 15 is 0 Å². The number of rotatable bonds is 6. The summed E-state index contributed by atoms with van der Waals surface area (Å²) in [6, 6.07) is 3.92. The normalized spacial score (nSPS) is 18.9. The predicted molar refractivity (Wildman–Crippen MR) is 116 cm³/mol. The molecular formula is C24H38N2O3. The fourth-order valence-electron chi connectivity index (χ4n) is 4.69. The quantitative estimate of drug-likeness (QED) is 0.776. The van der Waals surface area contributed by atoms with Crippen molar-refractivity contribution in [1.29, 1.82) is 0 Å². The van der Waals surface area contributed by atoms with E-state index in [0.717, 1.165) is 36.6 Å². The van der Waals surface area contributed by atoms with Crippen molar-refractivity contribution in [2.45, 2.75) is 71.9 Å². The van der Waals surface area contributed by atoms with Crippen molar-refractivity contribution >= 4 is 5.91 Å². The Bertz CT molecular complexity index is 705. The smallest absolute Gasteiger partial charge is 0.240 e. The molecule has 1 fully saturated rings. The van der Waals surface area contributed by atoms with Crippen LogP contribution in [-0.4, -0.2) is 44.2 Å². The van der Waals surface area contributed by atoms with Gasteiger partial charge >= 0.3 is 0 Å². The van der Waals surface area contributed by atoms with Gasteiger partial charge in [-0.3, -0.25) is 4.79 Å². The summed E-state index contributed by atoms with van der Waals surface area (Å²) in [5.74, 6) is 2.41. The molecule has 3 rings (SSSR count). The zero-order chi connectivity index (χ0) is 21.0. The van der Waals surface area contributed by atoms with Gasteiger partial charge in [-0.25, -0.2) is 0 Å². The Kier molecular flexibility index (Phi) is 7.10. The van der Waals surface area contributed by atoms with Crippen molar-refractivity contribution in [2.75, 3.05) is 27.3 Å². The molecule has 0 unspecified atom stereocenters. The van der Waals surface area contributed by atoms with Crippen LogP contribution < -0.4 is 14.8 Å². The molecule has 0 spiro atoms. The molecule has 1 saturated carbocycles. The number of benzene rings is 1. The first-order chi connectivity index (χ1) is 13.8. The highest BCUT2D eigenvalue weighted by Crippen LogP contribution is 2.34. The summed E-state index contributed by atoms with van der Waals surface area (Å²) in [6.45, 7) is 8.81. The number of methoxy groups -OCH3 is 2. The third-order valence-corrected chi connectivity index (χ3v) is 6.48. The number of ether oxygens (including phenoxy) is 2. The third-order valence-electron chi connectivity index (χ3n) is 6.48. The zero-order valence-corrected chi connectivity index (χ0v) is 18.8. The Labute approximate surface area is 176 Å². The van der Waals surface area contributed by atoms with Gasteiger partial charge in [0, 0.05) is 13.1 Å². The molecule has 0 bridgehead atoms. The molecule has 5 nitrogen and oxygen atoms in total. The van der Waals surface area contributed by atoms with E-state index in [0.29, 0.717) is 12.5 Å². The summed E-state index contributed by atoms with van der Waals surface area (Å²) in [5, 5.41) is 3.66. The van der Waals surface area contributed by atoms with E-state index in [4.69, 9.17) is 9.47 Å². The fraction of sp³-hybridized carbons (Fsp3) is 0.708. The number of fused-ring (bicyclic) bond motifs is 1. The molecule has 1 atom stereocenters. The largest absolute Gasteiger partial charge is 0.493 e. The number of carbonyl (C=O) groups is 1. The van der Waals surface area contributed by atoms with Gasteiger partial charge in [-0.05, 0) is 60.4 Å². The van der Waals surface area contributed by atoms with Crippen molar-refractivity contribution in [3.63, 3.8) is 0 Å². The Morgan fingerprint density at radius 2 is 1.72 bits per heavy atom. The molecule has 1 aromatic rings. The van der Waals surface area contributed by atoms with Crippen LogP contribution >= 0.6 is 0 Å². The van der Waals surface area contributed by atoms with Crippen LogP contribution in [0.15, 0.2) is 12.1 Å². The molecule has 1 aliphatic carbocycles. The minimum absolute atomic E-state index is 0.121. The van der Waals surface area contributed by atoms with E-state index in [2.05, 4.69) is 32.2 Å². The maximum Gasteiger partial charge on any atom is 0.240 e. The summed E-state index contributed by atoms with van der Waals surface area (Å²) in [7, 11) is 3.32. The maximum absolute atomic E-state index is 13.5. The van der Waals surface area contributed by atoms with Crippen LogP contribution in [0.4, 0.5) is 0 Å². The lowest BCUT2D eigenvalue weighted by Gasteiger charge is -2.38. The van der Waals surface area contributed by atoms with Crippen molar-refractivity contribution in [3.8, 4) is 11.5 Å². The number of nitrogens with zero attached hydrogens (tertiary/aromatic N) is 1. The molecule has 0 aromatic heterocycles. The van der Waals surface area contributed by atoms with Gasteiger partial charge in [0.2, 0.25) is 5.91 Å². The second-order valence-electron chi connectivity index (χ2n) is 9.70. The molecule has 2 aliphatic rings. The summed E-state index contributed by atoms with van der Waals surface area (Å²) < 4.78 is 10.9. The summed E-state index contributed by atoms with van der Waals surface area (Å²) in [4.78, 5) is 15.5. The molecule has 1 aliphatic heterocycles. The zero-order valence-electron chi connectivity index (χ0n) is 18.8. The number of nitrogens with one attached hydrogen (secondary N) is 1. The lowest BCUT2D eigenvalue weighted by atomic mass is 9.83. The molecule has 5 heteroatoms. The Hall–Kier alpha value is -1.75. The SMILES string of the molecule is COc1cc2c(cc1OC)CN(C(=O)[C@@H](NCC1CCCCC1)C(C)(C)C)CC2. The van der Waals surface area contributed by atoms with Crippen LogP contribution in [-0.2, 0) is 17.8 Å². The topological polar surface area (TPSA) is 50.8 Å². The van der Waals surface area contributed by atoms with Gasteiger partial charge in [0.15, 0.2) is 11.5 Å². The summed E-state index contributed by atoms with van der Waals surface area (Å²) >= 11 is 0. The third kappa shape index (κ3) is 5.25. The highest BCUT2D eigenvalue weighted by molar-refractivity contribution is 5.83. The van der Waals surface area contributed by atoms with E-state index in [1.165, 1.54) is 37.7 Å². The highest BCUT2D eigenvalue weighted by Gasteiger charge is 2.36. The molecule has 1 heterocycles. The Balaban J connectivity index is 1.71. The number of carbonyl (C=O) groups excluding carboxylic acids is 1. The Morgan fingerprint density at radius 3 is 2.31 bits per heavy atom. The molecule has 1 amide bonds. The molecule has 0 saturated heterocycles. The van der Waals surface area contributed by atoms with E-state index in [1.54, 1.807) is 14.2 Å². The molecule has 162 valence electrons. The van der Waals surface area contributed by atoms with E-state index in [9.17, 15) is 4.79 Å². The second kappa shape index (κ2) is 9.38. The van der Waals surface area contributed by atoms with Crippen molar-refractivity contribution in [1.82, 2.24) is 10.2 Å². The van der Waals surface area contributed by atoms with Gasteiger partial charge in [0.25, 0.3) is 0 Å². The average molecular weight is 403 g/mol. The number of hydrogen-bond acceptors (Lipinski definition) is 4.